The molecule has 0 radical (unpaired) electrons. The van der Waals surface area contributed by atoms with Gasteiger partial charge in [-0.3, -0.25) is 9.69 Å². The van der Waals surface area contributed by atoms with Crippen LogP contribution >= 0.6 is 11.6 Å². The van der Waals surface area contributed by atoms with Gasteiger partial charge in [0.15, 0.2) is 0 Å². The van der Waals surface area contributed by atoms with E-state index < -0.39 is 0 Å². The minimum Gasteiger partial charge on any atom is -0.508 e. The number of benzene rings is 2. The van der Waals surface area contributed by atoms with Crippen molar-refractivity contribution in [1.82, 2.24) is 14.9 Å². The first-order valence-corrected chi connectivity index (χ1v) is 10.1. The van der Waals surface area contributed by atoms with Crippen LogP contribution in [0.25, 0.3) is 10.9 Å². The standard InChI is InChI=1S/C22H24ClN3O2/c23-17-5-8-20-19(13-17)22(28)25-21(24-20)14-26-11-9-16(10-12-26)2-1-15-3-6-18(27)7-4-15/h3-8,13,16,27H,1-2,9-12,14H2,(H,24,25,28). The van der Waals surface area contributed by atoms with Crippen LogP contribution in [0.3, 0.4) is 0 Å². The van der Waals surface area contributed by atoms with Crippen LogP contribution in [0.15, 0.2) is 47.3 Å². The SMILES string of the molecule is O=c1[nH]c(CN2CCC(CCc3ccc(O)cc3)CC2)nc2ccc(Cl)cc12. The lowest BCUT2D eigenvalue weighted by atomic mass is 9.90. The number of halogens is 1. The summed E-state index contributed by atoms with van der Waals surface area (Å²) in [7, 11) is 0. The Labute approximate surface area is 169 Å². The predicted molar refractivity (Wildman–Crippen MR) is 112 cm³/mol. The first kappa shape index (κ1) is 19.0. The molecule has 4 rings (SSSR count). The summed E-state index contributed by atoms with van der Waals surface area (Å²) >= 11 is 5.97. The van der Waals surface area contributed by atoms with Gasteiger partial charge < -0.3 is 10.1 Å². The molecule has 2 heterocycles. The number of aryl methyl sites for hydroxylation is 1. The fraction of sp³-hybridized carbons (Fsp3) is 0.364. The third-order valence-electron chi connectivity index (χ3n) is 5.57. The van der Waals surface area contributed by atoms with E-state index >= 15 is 0 Å². The van der Waals surface area contributed by atoms with E-state index in [1.807, 2.05) is 12.1 Å². The molecule has 28 heavy (non-hydrogen) atoms. The summed E-state index contributed by atoms with van der Waals surface area (Å²) in [5.74, 6) is 1.75. The summed E-state index contributed by atoms with van der Waals surface area (Å²) in [4.78, 5) is 22.2. The van der Waals surface area contributed by atoms with Crippen LogP contribution in [0.2, 0.25) is 5.02 Å². The molecule has 0 aliphatic carbocycles. The number of aromatic nitrogens is 2. The number of aromatic amines is 1. The van der Waals surface area contributed by atoms with Crippen molar-refractivity contribution < 1.29 is 5.11 Å². The van der Waals surface area contributed by atoms with Crippen molar-refractivity contribution in [3.63, 3.8) is 0 Å². The minimum absolute atomic E-state index is 0.133. The second-order valence-corrected chi connectivity index (χ2v) is 8.04. The van der Waals surface area contributed by atoms with Crippen molar-refractivity contribution in [2.24, 2.45) is 5.92 Å². The molecule has 1 fully saturated rings. The molecule has 0 unspecified atom stereocenters. The van der Waals surface area contributed by atoms with Gasteiger partial charge in [-0.15, -0.1) is 0 Å². The number of rotatable bonds is 5. The molecule has 0 saturated carbocycles. The lowest BCUT2D eigenvalue weighted by Gasteiger charge is -2.31. The predicted octanol–water partition coefficient (Wildman–Crippen LogP) is 4.13. The number of fused-ring (bicyclic) bond motifs is 1. The first-order valence-electron chi connectivity index (χ1n) is 9.75. The maximum atomic E-state index is 12.3. The van der Waals surface area contributed by atoms with Crippen LogP contribution in [-0.4, -0.2) is 33.1 Å². The highest BCUT2D eigenvalue weighted by molar-refractivity contribution is 6.31. The van der Waals surface area contributed by atoms with Gasteiger partial charge in [-0.05, 0) is 80.6 Å². The fourth-order valence-corrected chi connectivity index (χ4v) is 4.08. The fourth-order valence-electron chi connectivity index (χ4n) is 3.91. The zero-order chi connectivity index (χ0) is 19.5. The Morgan fingerprint density at radius 1 is 1.14 bits per heavy atom. The van der Waals surface area contributed by atoms with Crippen molar-refractivity contribution >= 4 is 22.5 Å². The Hall–Kier alpha value is -2.37. The molecule has 2 N–H and O–H groups in total. The van der Waals surface area contributed by atoms with E-state index in [4.69, 9.17) is 11.6 Å². The summed E-state index contributed by atoms with van der Waals surface area (Å²) in [5, 5.41) is 10.4. The minimum atomic E-state index is -0.133. The average Bonchev–Trinajstić information content (AvgIpc) is 2.69. The third-order valence-corrected chi connectivity index (χ3v) is 5.81. The molecule has 1 saturated heterocycles. The molecule has 1 aromatic heterocycles. The van der Waals surface area contributed by atoms with E-state index in [0.29, 0.717) is 34.0 Å². The van der Waals surface area contributed by atoms with Gasteiger partial charge in [0.1, 0.15) is 11.6 Å². The average molecular weight is 398 g/mol. The molecule has 0 amide bonds. The molecule has 2 aromatic carbocycles. The summed E-state index contributed by atoms with van der Waals surface area (Å²) in [6.07, 6.45) is 4.54. The highest BCUT2D eigenvalue weighted by Gasteiger charge is 2.20. The molecule has 0 atom stereocenters. The number of aromatic hydroxyl groups is 1. The van der Waals surface area contributed by atoms with E-state index in [1.165, 1.54) is 12.0 Å². The number of piperidine rings is 1. The van der Waals surface area contributed by atoms with Crippen molar-refractivity contribution in [3.05, 3.63) is 69.2 Å². The molecule has 0 bridgehead atoms. The van der Waals surface area contributed by atoms with E-state index in [9.17, 15) is 9.90 Å². The lowest BCUT2D eigenvalue weighted by Crippen LogP contribution is -2.34. The van der Waals surface area contributed by atoms with E-state index in [-0.39, 0.29) is 5.56 Å². The molecule has 1 aliphatic rings. The first-order chi connectivity index (χ1) is 13.6. The number of nitrogens with one attached hydrogen (secondary N) is 1. The van der Waals surface area contributed by atoms with Crippen molar-refractivity contribution in [1.29, 1.82) is 0 Å². The molecular weight excluding hydrogens is 374 g/mol. The molecule has 6 heteroatoms. The monoisotopic (exact) mass is 397 g/mol. The van der Waals surface area contributed by atoms with Gasteiger partial charge >= 0.3 is 0 Å². The molecule has 0 spiro atoms. The molecule has 1 aliphatic heterocycles. The van der Waals surface area contributed by atoms with Gasteiger partial charge in [0, 0.05) is 5.02 Å². The van der Waals surface area contributed by atoms with Crippen LogP contribution in [0.5, 0.6) is 5.75 Å². The molecule has 146 valence electrons. The third kappa shape index (κ3) is 4.54. The van der Waals surface area contributed by atoms with Crippen molar-refractivity contribution in [3.8, 4) is 5.75 Å². The number of phenolic OH excluding ortho intramolecular Hbond substituents is 1. The Bertz CT molecular complexity index is 1010. The number of likely N-dealkylation sites (tertiary alicyclic amines) is 1. The topological polar surface area (TPSA) is 69.2 Å². The second-order valence-electron chi connectivity index (χ2n) is 7.60. The lowest BCUT2D eigenvalue weighted by molar-refractivity contribution is 0.169. The van der Waals surface area contributed by atoms with Crippen molar-refractivity contribution in [2.45, 2.75) is 32.2 Å². The molecule has 5 nitrogen and oxygen atoms in total. The second kappa shape index (κ2) is 8.33. The Balaban J connectivity index is 1.32. The van der Waals surface area contributed by atoms with Gasteiger partial charge in [0.25, 0.3) is 5.56 Å². The normalized spacial score (nSPS) is 15.9. The number of hydrogen-bond donors (Lipinski definition) is 2. The molecule has 3 aromatic rings. The highest BCUT2D eigenvalue weighted by Crippen LogP contribution is 2.24. The quantitative estimate of drug-likeness (QED) is 0.679. The van der Waals surface area contributed by atoms with E-state index in [0.717, 1.165) is 38.3 Å². The van der Waals surface area contributed by atoms with Gasteiger partial charge in [-0.1, -0.05) is 23.7 Å². The number of H-pyrrole nitrogens is 1. The number of nitrogens with zero attached hydrogens (tertiary/aromatic N) is 2. The van der Waals surface area contributed by atoms with Gasteiger partial charge in [0.2, 0.25) is 0 Å². The van der Waals surface area contributed by atoms with Crippen LogP contribution in [0.4, 0.5) is 0 Å². The van der Waals surface area contributed by atoms with Crippen molar-refractivity contribution in [2.75, 3.05) is 13.1 Å². The maximum Gasteiger partial charge on any atom is 0.258 e. The Kier molecular flexibility index (Phi) is 5.64. The smallest absolute Gasteiger partial charge is 0.258 e. The summed E-state index contributed by atoms with van der Waals surface area (Å²) in [6.45, 7) is 2.70. The summed E-state index contributed by atoms with van der Waals surface area (Å²) < 4.78 is 0. The van der Waals surface area contributed by atoms with Gasteiger partial charge in [-0.2, -0.15) is 0 Å². The number of phenols is 1. The molecular formula is C22H24ClN3O2. The van der Waals surface area contributed by atoms with E-state index in [1.54, 1.807) is 30.3 Å². The zero-order valence-electron chi connectivity index (χ0n) is 15.7. The van der Waals surface area contributed by atoms with Gasteiger partial charge in [0.05, 0.1) is 17.4 Å². The summed E-state index contributed by atoms with van der Waals surface area (Å²) in [5.41, 5.74) is 1.83. The van der Waals surface area contributed by atoms with Gasteiger partial charge in [-0.25, -0.2) is 4.98 Å². The van der Waals surface area contributed by atoms with Crippen LogP contribution in [0, 0.1) is 5.92 Å². The Morgan fingerprint density at radius 3 is 2.64 bits per heavy atom. The van der Waals surface area contributed by atoms with Crippen LogP contribution in [0.1, 0.15) is 30.7 Å². The zero-order valence-corrected chi connectivity index (χ0v) is 16.5. The summed E-state index contributed by atoms with van der Waals surface area (Å²) in [6, 6.07) is 12.7. The maximum absolute atomic E-state index is 12.3. The van der Waals surface area contributed by atoms with Crippen LogP contribution < -0.4 is 5.56 Å². The number of hydrogen-bond acceptors (Lipinski definition) is 4. The largest absolute Gasteiger partial charge is 0.508 e. The Morgan fingerprint density at radius 2 is 1.89 bits per heavy atom. The highest BCUT2D eigenvalue weighted by atomic mass is 35.5. The van der Waals surface area contributed by atoms with Crippen LogP contribution in [-0.2, 0) is 13.0 Å². The van der Waals surface area contributed by atoms with E-state index in [2.05, 4.69) is 14.9 Å².